The third kappa shape index (κ3) is 1.37. The van der Waals surface area contributed by atoms with Gasteiger partial charge in [-0.25, -0.2) is 0 Å². The normalized spacial score (nSPS) is 9.85. The lowest BCUT2D eigenvalue weighted by atomic mass is 10.1. The summed E-state index contributed by atoms with van der Waals surface area (Å²) in [5.41, 5.74) is 0.667. The average molecular weight is 188 g/mol. The van der Waals surface area contributed by atoms with E-state index < -0.39 is 0 Å². The number of nitrogens with zero attached hydrogens (tertiary/aromatic N) is 1. The fraction of sp³-hybridized carbons (Fsp3) is 0. The van der Waals surface area contributed by atoms with Crippen molar-refractivity contribution in [3.05, 3.63) is 47.0 Å². The zero-order valence-electron chi connectivity index (χ0n) is 6.79. The van der Waals surface area contributed by atoms with E-state index in [0.717, 1.165) is 10.8 Å². The van der Waals surface area contributed by atoms with Crippen LogP contribution in [0.2, 0.25) is 5.02 Å². The molecule has 0 atom stereocenters. The Kier molecular flexibility index (Phi) is 1.92. The predicted molar refractivity (Wildman–Crippen MR) is 53.7 cm³/mol. The largest absolute Gasteiger partial charge is 0.192 e. The number of hydrogen-bond donors (Lipinski definition) is 0. The first-order valence-corrected chi connectivity index (χ1v) is 4.27. The van der Waals surface area contributed by atoms with E-state index >= 15 is 0 Å². The Morgan fingerprint density at radius 2 is 2.00 bits per heavy atom. The van der Waals surface area contributed by atoms with Gasteiger partial charge >= 0.3 is 0 Å². The van der Waals surface area contributed by atoms with E-state index in [4.69, 9.17) is 16.9 Å². The number of halogens is 1. The summed E-state index contributed by atoms with van der Waals surface area (Å²) in [4.78, 5) is 0. The lowest BCUT2D eigenvalue weighted by Gasteiger charge is -1.99. The Morgan fingerprint density at radius 3 is 2.77 bits per heavy atom. The van der Waals surface area contributed by atoms with Crippen molar-refractivity contribution in [2.75, 3.05) is 0 Å². The molecule has 0 aromatic heterocycles. The van der Waals surface area contributed by atoms with E-state index in [1.54, 1.807) is 6.07 Å². The molecule has 2 rings (SSSR count). The van der Waals surface area contributed by atoms with E-state index in [0.29, 0.717) is 10.6 Å². The molecule has 0 saturated heterocycles. The van der Waals surface area contributed by atoms with Gasteiger partial charge < -0.3 is 0 Å². The second-order valence-corrected chi connectivity index (χ2v) is 3.22. The Bertz CT molecular complexity index is 497. The topological polar surface area (TPSA) is 23.8 Å². The van der Waals surface area contributed by atoms with Gasteiger partial charge in [-0.2, -0.15) is 5.26 Å². The molecular formula is C11H6ClN. The molecular weight excluding hydrogens is 182 g/mol. The van der Waals surface area contributed by atoms with Crippen LogP contribution in [0.15, 0.2) is 36.4 Å². The van der Waals surface area contributed by atoms with Crippen molar-refractivity contribution in [2.24, 2.45) is 0 Å². The van der Waals surface area contributed by atoms with Crippen LogP contribution < -0.4 is 0 Å². The minimum Gasteiger partial charge on any atom is -0.192 e. The maximum Gasteiger partial charge on any atom is 0.0998 e. The Balaban J connectivity index is 2.89. The summed E-state index contributed by atoms with van der Waals surface area (Å²) in [5, 5.41) is 11.5. The van der Waals surface area contributed by atoms with E-state index in [9.17, 15) is 0 Å². The van der Waals surface area contributed by atoms with Gasteiger partial charge in [0.2, 0.25) is 0 Å². The maximum absolute atomic E-state index is 8.83. The van der Waals surface area contributed by atoms with Crippen LogP contribution >= 0.6 is 11.6 Å². The van der Waals surface area contributed by atoms with Gasteiger partial charge in [-0.3, -0.25) is 0 Å². The highest BCUT2D eigenvalue weighted by Gasteiger charge is 1.99. The van der Waals surface area contributed by atoms with Crippen LogP contribution in [-0.4, -0.2) is 0 Å². The van der Waals surface area contributed by atoms with Crippen LogP contribution in [0.5, 0.6) is 0 Å². The number of hydrogen-bond acceptors (Lipinski definition) is 1. The van der Waals surface area contributed by atoms with Gasteiger partial charge in [0.25, 0.3) is 0 Å². The van der Waals surface area contributed by atoms with Gasteiger partial charge in [0, 0.05) is 10.4 Å². The van der Waals surface area contributed by atoms with E-state index in [2.05, 4.69) is 6.07 Å². The van der Waals surface area contributed by atoms with Gasteiger partial charge in [0.15, 0.2) is 0 Å². The fourth-order valence-corrected chi connectivity index (χ4v) is 1.51. The summed E-state index contributed by atoms with van der Waals surface area (Å²) in [6.45, 7) is 0. The molecule has 1 nitrogen and oxygen atoms in total. The van der Waals surface area contributed by atoms with Crippen LogP contribution in [0.1, 0.15) is 5.56 Å². The molecule has 0 amide bonds. The van der Waals surface area contributed by atoms with E-state index in [1.807, 2.05) is 30.3 Å². The molecule has 0 aliphatic carbocycles. The van der Waals surface area contributed by atoms with E-state index in [1.165, 1.54) is 0 Å². The van der Waals surface area contributed by atoms with Crippen molar-refractivity contribution in [3.63, 3.8) is 0 Å². The van der Waals surface area contributed by atoms with Crippen molar-refractivity contribution in [3.8, 4) is 6.07 Å². The molecule has 0 bridgehead atoms. The molecule has 0 N–H and O–H groups in total. The SMILES string of the molecule is N#Cc1cccc2ccc(Cl)cc12. The number of benzene rings is 2. The first kappa shape index (κ1) is 8.10. The van der Waals surface area contributed by atoms with Crippen LogP contribution in [0.25, 0.3) is 10.8 Å². The van der Waals surface area contributed by atoms with Gasteiger partial charge in [0.1, 0.15) is 0 Å². The molecule has 2 aromatic rings. The van der Waals surface area contributed by atoms with Crippen molar-refractivity contribution in [1.82, 2.24) is 0 Å². The minimum atomic E-state index is 0.662. The molecule has 0 fully saturated rings. The van der Waals surface area contributed by atoms with Gasteiger partial charge in [-0.15, -0.1) is 0 Å². The van der Waals surface area contributed by atoms with Gasteiger partial charge in [-0.1, -0.05) is 29.8 Å². The zero-order valence-corrected chi connectivity index (χ0v) is 7.55. The summed E-state index contributed by atoms with van der Waals surface area (Å²) in [5.74, 6) is 0. The first-order chi connectivity index (χ1) is 6.31. The highest BCUT2D eigenvalue weighted by molar-refractivity contribution is 6.31. The molecule has 0 aliphatic rings. The quantitative estimate of drug-likeness (QED) is 0.621. The molecule has 0 heterocycles. The molecule has 0 saturated carbocycles. The second kappa shape index (κ2) is 3.08. The van der Waals surface area contributed by atoms with Gasteiger partial charge in [0.05, 0.1) is 11.6 Å². The standard InChI is InChI=1S/C11H6ClN/c12-10-5-4-8-2-1-3-9(7-13)11(8)6-10/h1-6H. The molecule has 0 radical (unpaired) electrons. The highest BCUT2D eigenvalue weighted by atomic mass is 35.5. The third-order valence-corrected chi connectivity index (χ3v) is 2.20. The lowest BCUT2D eigenvalue weighted by Crippen LogP contribution is -1.78. The molecule has 2 aromatic carbocycles. The monoisotopic (exact) mass is 187 g/mol. The average Bonchev–Trinajstić information content (AvgIpc) is 2.17. The molecule has 2 heteroatoms. The van der Waals surface area contributed by atoms with Crippen LogP contribution in [0, 0.1) is 11.3 Å². The van der Waals surface area contributed by atoms with Crippen LogP contribution in [-0.2, 0) is 0 Å². The lowest BCUT2D eigenvalue weighted by molar-refractivity contribution is 1.50. The molecule has 62 valence electrons. The molecule has 0 spiro atoms. The van der Waals surface area contributed by atoms with Crippen molar-refractivity contribution in [1.29, 1.82) is 5.26 Å². The summed E-state index contributed by atoms with van der Waals surface area (Å²) in [7, 11) is 0. The molecule has 0 unspecified atom stereocenters. The Labute approximate surface area is 81.2 Å². The minimum absolute atomic E-state index is 0.662. The summed E-state index contributed by atoms with van der Waals surface area (Å²) in [6, 6.07) is 13.3. The first-order valence-electron chi connectivity index (χ1n) is 3.89. The third-order valence-electron chi connectivity index (χ3n) is 1.96. The fourth-order valence-electron chi connectivity index (χ4n) is 1.34. The van der Waals surface area contributed by atoms with Crippen LogP contribution in [0.3, 0.4) is 0 Å². The highest BCUT2D eigenvalue weighted by Crippen LogP contribution is 2.21. The van der Waals surface area contributed by atoms with Crippen molar-refractivity contribution in [2.45, 2.75) is 0 Å². The zero-order chi connectivity index (χ0) is 9.26. The smallest absolute Gasteiger partial charge is 0.0998 e. The number of rotatable bonds is 0. The van der Waals surface area contributed by atoms with E-state index in [-0.39, 0.29) is 0 Å². The van der Waals surface area contributed by atoms with Crippen LogP contribution in [0.4, 0.5) is 0 Å². The predicted octanol–water partition coefficient (Wildman–Crippen LogP) is 3.36. The molecule has 13 heavy (non-hydrogen) atoms. The molecule has 0 aliphatic heterocycles. The van der Waals surface area contributed by atoms with Crippen molar-refractivity contribution < 1.29 is 0 Å². The summed E-state index contributed by atoms with van der Waals surface area (Å²) in [6.07, 6.45) is 0. The summed E-state index contributed by atoms with van der Waals surface area (Å²) >= 11 is 5.84. The Morgan fingerprint density at radius 1 is 1.15 bits per heavy atom. The number of nitriles is 1. The Hall–Kier alpha value is -1.52. The second-order valence-electron chi connectivity index (χ2n) is 2.78. The van der Waals surface area contributed by atoms with Crippen molar-refractivity contribution >= 4 is 22.4 Å². The maximum atomic E-state index is 8.83. The summed E-state index contributed by atoms with van der Waals surface area (Å²) < 4.78 is 0. The van der Waals surface area contributed by atoms with Gasteiger partial charge in [-0.05, 0) is 23.6 Å². The number of fused-ring (bicyclic) bond motifs is 1.